The predicted octanol–water partition coefficient (Wildman–Crippen LogP) is 6.00. The molecule has 0 radical (unpaired) electrons. The lowest BCUT2D eigenvalue weighted by molar-refractivity contribution is -0.129. The van der Waals surface area contributed by atoms with E-state index in [1.807, 2.05) is 33.8 Å². The van der Waals surface area contributed by atoms with Crippen molar-refractivity contribution in [1.82, 2.24) is 14.7 Å². The molecule has 1 amide bonds. The molecule has 0 saturated heterocycles. The van der Waals surface area contributed by atoms with Crippen LogP contribution in [0.1, 0.15) is 74.4 Å². The lowest BCUT2D eigenvalue weighted by Gasteiger charge is -2.27. The van der Waals surface area contributed by atoms with E-state index in [9.17, 15) is 13.6 Å². The maximum absolute atomic E-state index is 13.9. The summed E-state index contributed by atoms with van der Waals surface area (Å²) in [6, 6.07) is 9.74. The zero-order valence-corrected chi connectivity index (χ0v) is 18.2. The van der Waals surface area contributed by atoms with Crippen LogP contribution in [0.25, 0.3) is 22.0 Å². The second-order valence-corrected chi connectivity index (χ2v) is 9.09. The topological polar surface area (TPSA) is 38.1 Å². The minimum absolute atomic E-state index is 0.0425. The number of nitrogens with zero attached hydrogens (tertiary/aromatic N) is 3. The molecular weight excluding hydrogens is 396 g/mol. The molecule has 4 nitrogen and oxygen atoms in total. The van der Waals surface area contributed by atoms with Gasteiger partial charge >= 0.3 is 0 Å². The molecule has 1 fully saturated rings. The number of rotatable bonds is 4. The van der Waals surface area contributed by atoms with Crippen LogP contribution in [0.4, 0.5) is 8.78 Å². The van der Waals surface area contributed by atoms with Gasteiger partial charge in [0.05, 0.1) is 5.69 Å². The van der Waals surface area contributed by atoms with Crippen molar-refractivity contribution >= 4 is 16.7 Å². The quantitative estimate of drug-likeness (QED) is 0.516. The normalized spacial score (nSPS) is 16.4. The average Bonchev–Trinajstić information content (AvgIpc) is 3.52. The number of halogens is 2. The van der Waals surface area contributed by atoms with Gasteiger partial charge in [0.1, 0.15) is 0 Å². The van der Waals surface area contributed by atoms with Gasteiger partial charge in [-0.1, -0.05) is 24.3 Å². The Hall–Kier alpha value is -2.76. The summed E-state index contributed by atoms with van der Waals surface area (Å²) in [5.74, 6) is 0.301. The van der Waals surface area contributed by atoms with Crippen LogP contribution >= 0.6 is 0 Å². The number of amides is 1. The van der Waals surface area contributed by atoms with Crippen LogP contribution in [0.5, 0.6) is 0 Å². The van der Waals surface area contributed by atoms with Gasteiger partial charge in [-0.05, 0) is 55.0 Å². The lowest BCUT2D eigenvalue weighted by Crippen LogP contribution is -2.34. The average molecular weight is 424 g/mol. The van der Waals surface area contributed by atoms with E-state index in [-0.39, 0.29) is 23.4 Å². The fourth-order valence-electron chi connectivity index (χ4n) is 4.86. The number of hydrogen-bond donors (Lipinski definition) is 0. The van der Waals surface area contributed by atoms with Gasteiger partial charge in [0.2, 0.25) is 5.91 Å². The molecule has 2 aromatic carbocycles. The molecule has 31 heavy (non-hydrogen) atoms. The van der Waals surface area contributed by atoms with Crippen molar-refractivity contribution in [3.63, 3.8) is 0 Å². The molecule has 0 atom stereocenters. The van der Waals surface area contributed by atoms with Gasteiger partial charge in [-0.15, -0.1) is 0 Å². The molecule has 1 saturated carbocycles. The fraction of sp³-hybridized carbons (Fsp3) is 0.440. The van der Waals surface area contributed by atoms with Gasteiger partial charge < -0.3 is 4.90 Å². The van der Waals surface area contributed by atoms with E-state index in [1.54, 1.807) is 13.0 Å². The van der Waals surface area contributed by atoms with Crippen molar-refractivity contribution in [1.29, 1.82) is 0 Å². The maximum atomic E-state index is 13.9. The second kappa shape index (κ2) is 7.43. The first-order valence-electron chi connectivity index (χ1n) is 11.1. The summed E-state index contributed by atoms with van der Waals surface area (Å²) in [5, 5.41) is 6.71. The van der Waals surface area contributed by atoms with Crippen LogP contribution in [0.3, 0.4) is 0 Å². The largest absolute Gasteiger partial charge is 0.338 e. The van der Waals surface area contributed by atoms with Gasteiger partial charge in [0.25, 0.3) is 6.43 Å². The monoisotopic (exact) mass is 423 g/mol. The summed E-state index contributed by atoms with van der Waals surface area (Å²) in [6.45, 7) is 6.95. The Kier molecular flexibility index (Phi) is 4.83. The highest BCUT2D eigenvalue weighted by Crippen LogP contribution is 2.46. The van der Waals surface area contributed by atoms with E-state index in [0.29, 0.717) is 13.1 Å². The van der Waals surface area contributed by atoms with Crippen molar-refractivity contribution in [2.75, 3.05) is 6.54 Å². The van der Waals surface area contributed by atoms with E-state index in [1.165, 1.54) is 0 Å². The van der Waals surface area contributed by atoms with Crippen LogP contribution in [-0.2, 0) is 17.8 Å². The number of aromatic nitrogens is 2. The third kappa shape index (κ3) is 3.42. The molecule has 1 aromatic heterocycles. The summed E-state index contributed by atoms with van der Waals surface area (Å²) < 4.78 is 29.9. The molecule has 0 bridgehead atoms. The molecule has 3 aromatic rings. The molecule has 1 aliphatic carbocycles. The van der Waals surface area contributed by atoms with Gasteiger partial charge in [0.15, 0.2) is 0 Å². The van der Waals surface area contributed by atoms with Gasteiger partial charge in [-0.25, -0.2) is 8.78 Å². The minimum atomic E-state index is -2.50. The van der Waals surface area contributed by atoms with Crippen molar-refractivity contribution < 1.29 is 13.6 Å². The number of carbonyl (C=O) groups is 1. The first kappa shape index (κ1) is 20.2. The molecule has 5 rings (SSSR count). The highest BCUT2D eigenvalue weighted by Gasteiger charge is 2.31. The van der Waals surface area contributed by atoms with E-state index in [4.69, 9.17) is 5.10 Å². The smallest absolute Gasteiger partial charge is 0.264 e. The van der Waals surface area contributed by atoms with E-state index in [2.05, 4.69) is 13.8 Å². The Balaban J connectivity index is 1.73. The first-order valence-corrected chi connectivity index (χ1v) is 11.1. The maximum Gasteiger partial charge on any atom is 0.264 e. The molecule has 0 spiro atoms. The summed E-state index contributed by atoms with van der Waals surface area (Å²) in [6.07, 6.45) is 0.221. The van der Waals surface area contributed by atoms with Crippen LogP contribution in [0, 0.1) is 0 Å². The zero-order valence-electron chi connectivity index (χ0n) is 18.2. The third-order valence-electron chi connectivity index (χ3n) is 6.61. The summed E-state index contributed by atoms with van der Waals surface area (Å²) >= 11 is 0. The van der Waals surface area contributed by atoms with Crippen LogP contribution in [0.15, 0.2) is 30.3 Å². The standard InChI is InChI=1S/C25H27F2N3O/c1-14(2)30-23-9-10-29(15(3)31)13-22(23)24(28-30)18-6-4-5-17-11-19(16-7-8-16)21(25(26)27)12-20(17)18/h4-6,11-12,14,16,25H,7-10,13H2,1-3H3. The van der Waals surface area contributed by atoms with Gasteiger partial charge in [0, 0.05) is 54.9 Å². The molecule has 162 valence electrons. The fourth-order valence-corrected chi connectivity index (χ4v) is 4.86. The zero-order chi connectivity index (χ0) is 21.9. The SMILES string of the molecule is CC(=O)N1CCc2c(c(-c3cccc4cc(C5CC5)c(C(F)F)cc34)nn2C(C)C)C1. The molecular formula is C25H27F2N3O. The van der Waals surface area contributed by atoms with E-state index < -0.39 is 6.43 Å². The van der Waals surface area contributed by atoms with Crippen molar-refractivity contribution in [3.05, 3.63) is 52.7 Å². The Bertz CT molecular complexity index is 1180. The Morgan fingerprint density at radius 3 is 2.61 bits per heavy atom. The van der Waals surface area contributed by atoms with Crippen molar-refractivity contribution in [2.45, 2.75) is 65.0 Å². The number of fused-ring (bicyclic) bond motifs is 2. The number of benzene rings is 2. The predicted molar refractivity (Wildman–Crippen MR) is 117 cm³/mol. The highest BCUT2D eigenvalue weighted by molar-refractivity contribution is 5.97. The molecule has 0 N–H and O–H groups in total. The Morgan fingerprint density at radius 1 is 1.19 bits per heavy atom. The second-order valence-electron chi connectivity index (χ2n) is 9.09. The van der Waals surface area contributed by atoms with Gasteiger partial charge in [-0.2, -0.15) is 5.10 Å². The van der Waals surface area contributed by atoms with Gasteiger partial charge in [-0.3, -0.25) is 9.48 Å². The van der Waals surface area contributed by atoms with Crippen molar-refractivity contribution in [2.24, 2.45) is 0 Å². The molecule has 1 aliphatic heterocycles. The third-order valence-corrected chi connectivity index (χ3v) is 6.61. The molecule has 2 heterocycles. The Morgan fingerprint density at radius 2 is 1.97 bits per heavy atom. The van der Waals surface area contributed by atoms with Crippen LogP contribution < -0.4 is 0 Å². The van der Waals surface area contributed by atoms with Crippen molar-refractivity contribution in [3.8, 4) is 11.3 Å². The number of alkyl halides is 2. The summed E-state index contributed by atoms with van der Waals surface area (Å²) in [5.41, 5.74) is 4.78. The number of hydrogen-bond acceptors (Lipinski definition) is 2. The lowest BCUT2D eigenvalue weighted by atomic mass is 9.92. The summed E-state index contributed by atoms with van der Waals surface area (Å²) in [7, 11) is 0. The number of carbonyl (C=O) groups excluding carboxylic acids is 1. The van der Waals surface area contributed by atoms with Crippen LogP contribution in [-0.4, -0.2) is 27.1 Å². The molecule has 0 unspecified atom stereocenters. The van der Waals surface area contributed by atoms with E-state index >= 15 is 0 Å². The van der Waals surface area contributed by atoms with E-state index in [0.717, 1.165) is 58.1 Å². The first-order chi connectivity index (χ1) is 14.8. The summed E-state index contributed by atoms with van der Waals surface area (Å²) in [4.78, 5) is 13.9. The van der Waals surface area contributed by atoms with Crippen LogP contribution in [0.2, 0.25) is 0 Å². The Labute approximate surface area is 180 Å². The minimum Gasteiger partial charge on any atom is -0.338 e. The molecule has 6 heteroatoms. The highest BCUT2D eigenvalue weighted by atomic mass is 19.3. The molecule has 2 aliphatic rings.